The maximum atomic E-state index is 11.9. The van der Waals surface area contributed by atoms with Gasteiger partial charge in [0.1, 0.15) is 0 Å². The minimum atomic E-state index is 0.0427. The number of hydrogen-bond acceptors (Lipinski definition) is 2. The molecule has 0 bridgehead atoms. The van der Waals surface area contributed by atoms with E-state index in [4.69, 9.17) is 0 Å². The highest BCUT2D eigenvalue weighted by atomic mass is 16.2. The van der Waals surface area contributed by atoms with Crippen molar-refractivity contribution < 1.29 is 4.79 Å². The van der Waals surface area contributed by atoms with Crippen molar-refractivity contribution in [2.75, 3.05) is 13.1 Å². The number of piperidine rings is 1. The van der Waals surface area contributed by atoms with E-state index in [9.17, 15) is 4.79 Å². The van der Waals surface area contributed by atoms with Gasteiger partial charge in [0.2, 0.25) is 5.91 Å². The Labute approximate surface area is 92.0 Å². The Kier molecular flexibility index (Phi) is 3.01. The van der Waals surface area contributed by atoms with Crippen LogP contribution in [0, 0.1) is 11.3 Å². The van der Waals surface area contributed by atoms with Crippen molar-refractivity contribution in [2.24, 2.45) is 11.3 Å². The topological polar surface area (TPSA) is 41.1 Å². The number of carbonyl (C=O) groups is 1. The van der Waals surface area contributed by atoms with E-state index in [1.165, 1.54) is 25.7 Å². The highest BCUT2D eigenvalue weighted by Crippen LogP contribution is 2.44. The van der Waals surface area contributed by atoms with Gasteiger partial charge in [-0.2, -0.15) is 0 Å². The maximum Gasteiger partial charge on any atom is 0.237 e. The molecule has 86 valence electrons. The van der Waals surface area contributed by atoms with Gasteiger partial charge in [-0.3, -0.25) is 4.79 Å². The summed E-state index contributed by atoms with van der Waals surface area (Å²) >= 11 is 0. The van der Waals surface area contributed by atoms with Crippen molar-refractivity contribution in [3.05, 3.63) is 0 Å². The molecule has 2 rings (SSSR count). The molecule has 2 aliphatic rings. The Morgan fingerprint density at radius 2 is 2.27 bits per heavy atom. The van der Waals surface area contributed by atoms with E-state index in [-0.39, 0.29) is 11.9 Å². The molecule has 2 fully saturated rings. The number of hydrogen-bond donors (Lipinski definition) is 2. The first kappa shape index (κ1) is 10.9. The molecule has 15 heavy (non-hydrogen) atoms. The molecular formula is C12H22N2O. The van der Waals surface area contributed by atoms with E-state index in [0.717, 1.165) is 13.1 Å². The number of amides is 1. The lowest BCUT2D eigenvalue weighted by atomic mass is 9.92. The summed E-state index contributed by atoms with van der Waals surface area (Å²) < 4.78 is 0. The summed E-state index contributed by atoms with van der Waals surface area (Å²) in [5, 5.41) is 6.40. The van der Waals surface area contributed by atoms with E-state index in [0.29, 0.717) is 11.3 Å². The standard InChI is InChI=1S/C12H22N2O/c1-9-4-3-7-13-10(9)11(15)14-8-12(2)5-6-12/h9-10,13H,3-8H2,1-2H3,(H,14,15). The van der Waals surface area contributed by atoms with E-state index >= 15 is 0 Å². The molecule has 0 spiro atoms. The molecule has 1 amide bonds. The van der Waals surface area contributed by atoms with Gasteiger partial charge in [0.25, 0.3) is 0 Å². The van der Waals surface area contributed by atoms with E-state index in [1.54, 1.807) is 0 Å². The van der Waals surface area contributed by atoms with Gasteiger partial charge in [-0.1, -0.05) is 13.8 Å². The number of rotatable bonds is 3. The lowest BCUT2D eigenvalue weighted by Gasteiger charge is -2.29. The van der Waals surface area contributed by atoms with Crippen molar-refractivity contribution in [1.82, 2.24) is 10.6 Å². The second-order valence-corrected chi connectivity index (χ2v) is 5.58. The van der Waals surface area contributed by atoms with Crippen molar-refractivity contribution in [2.45, 2.75) is 45.6 Å². The minimum Gasteiger partial charge on any atom is -0.354 e. The molecule has 1 saturated heterocycles. The zero-order valence-electron chi connectivity index (χ0n) is 9.81. The molecule has 1 aliphatic carbocycles. The Morgan fingerprint density at radius 3 is 2.87 bits per heavy atom. The number of nitrogens with one attached hydrogen (secondary N) is 2. The fraction of sp³-hybridized carbons (Fsp3) is 0.917. The fourth-order valence-corrected chi connectivity index (χ4v) is 2.20. The van der Waals surface area contributed by atoms with Crippen LogP contribution < -0.4 is 10.6 Å². The van der Waals surface area contributed by atoms with E-state index in [2.05, 4.69) is 24.5 Å². The van der Waals surface area contributed by atoms with E-state index in [1.807, 2.05) is 0 Å². The SMILES string of the molecule is CC1CCCNC1C(=O)NCC1(C)CC1. The van der Waals surface area contributed by atoms with Gasteiger partial charge in [-0.25, -0.2) is 0 Å². The largest absolute Gasteiger partial charge is 0.354 e. The van der Waals surface area contributed by atoms with Crippen molar-refractivity contribution in [1.29, 1.82) is 0 Å². The average Bonchev–Trinajstić information content (AvgIpc) is 2.95. The van der Waals surface area contributed by atoms with Crippen LogP contribution in [0.15, 0.2) is 0 Å². The maximum absolute atomic E-state index is 11.9. The van der Waals surface area contributed by atoms with Gasteiger partial charge in [0, 0.05) is 6.54 Å². The molecule has 1 heterocycles. The van der Waals surface area contributed by atoms with Crippen LogP contribution in [-0.4, -0.2) is 25.0 Å². The minimum absolute atomic E-state index is 0.0427. The van der Waals surface area contributed by atoms with Crippen LogP contribution in [0.5, 0.6) is 0 Å². The Bertz CT molecular complexity index is 248. The monoisotopic (exact) mass is 210 g/mol. The van der Waals surface area contributed by atoms with Crippen LogP contribution in [0.4, 0.5) is 0 Å². The molecule has 0 aromatic carbocycles. The predicted molar refractivity (Wildman–Crippen MR) is 60.5 cm³/mol. The second kappa shape index (κ2) is 4.12. The first-order chi connectivity index (χ1) is 7.11. The summed E-state index contributed by atoms with van der Waals surface area (Å²) in [6.45, 7) is 6.25. The quantitative estimate of drug-likeness (QED) is 0.737. The molecule has 3 nitrogen and oxygen atoms in total. The summed E-state index contributed by atoms with van der Waals surface area (Å²) in [7, 11) is 0. The van der Waals surface area contributed by atoms with Gasteiger partial charge < -0.3 is 10.6 Å². The first-order valence-corrected chi connectivity index (χ1v) is 6.12. The first-order valence-electron chi connectivity index (χ1n) is 6.12. The molecule has 2 atom stereocenters. The zero-order chi connectivity index (χ0) is 10.9. The molecular weight excluding hydrogens is 188 g/mol. The average molecular weight is 210 g/mol. The molecule has 1 aliphatic heterocycles. The molecule has 1 saturated carbocycles. The molecule has 2 unspecified atom stereocenters. The van der Waals surface area contributed by atoms with Crippen LogP contribution >= 0.6 is 0 Å². The Hall–Kier alpha value is -0.570. The van der Waals surface area contributed by atoms with Crippen LogP contribution in [0.25, 0.3) is 0 Å². The number of carbonyl (C=O) groups excluding carboxylic acids is 1. The zero-order valence-corrected chi connectivity index (χ0v) is 9.81. The highest BCUT2D eigenvalue weighted by Gasteiger charge is 2.38. The smallest absolute Gasteiger partial charge is 0.237 e. The molecule has 2 N–H and O–H groups in total. The molecule has 0 radical (unpaired) electrons. The Balaban J connectivity index is 1.78. The van der Waals surface area contributed by atoms with Crippen LogP contribution in [0.1, 0.15) is 39.5 Å². The van der Waals surface area contributed by atoms with E-state index < -0.39 is 0 Å². The van der Waals surface area contributed by atoms with Crippen molar-refractivity contribution >= 4 is 5.91 Å². The molecule has 0 aromatic rings. The third-order valence-electron chi connectivity index (χ3n) is 3.84. The fourth-order valence-electron chi connectivity index (χ4n) is 2.20. The van der Waals surface area contributed by atoms with Gasteiger partial charge in [-0.15, -0.1) is 0 Å². The predicted octanol–water partition coefficient (Wildman–Crippen LogP) is 1.29. The van der Waals surface area contributed by atoms with Gasteiger partial charge >= 0.3 is 0 Å². The van der Waals surface area contributed by atoms with Gasteiger partial charge in [0.15, 0.2) is 0 Å². The lowest BCUT2D eigenvalue weighted by molar-refractivity contribution is -0.125. The summed E-state index contributed by atoms with van der Waals surface area (Å²) in [4.78, 5) is 11.9. The summed E-state index contributed by atoms with van der Waals surface area (Å²) in [5.74, 6) is 0.682. The van der Waals surface area contributed by atoms with Crippen LogP contribution in [0.2, 0.25) is 0 Å². The second-order valence-electron chi connectivity index (χ2n) is 5.58. The van der Waals surface area contributed by atoms with Crippen molar-refractivity contribution in [3.63, 3.8) is 0 Å². The van der Waals surface area contributed by atoms with Crippen LogP contribution in [0.3, 0.4) is 0 Å². The van der Waals surface area contributed by atoms with Gasteiger partial charge in [-0.05, 0) is 43.6 Å². The molecule has 3 heteroatoms. The highest BCUT2D eigenvalue weighted by molar-refractivity contribution is 5.82. The summed E-state index contributed by atoms with van der Waals surface area (Å²) in [6.07, 6.45) is 4.90. The third kappa shape index (κ3) is 2.71. The lowest BCUT2D eigenvalue weighted by Crippen LogP contribution is -2.51. The Morgan fingerprint density at radius 1 is 1.53 bits per heavy atom. The summed E-state index contributed by atoms with van der Waals surface area (Å²) in [5.41, 5.74) is 0.410. The molecule has 0 aromatic heterocycles. The van der Waals surface area contributed by atoms with Crippen molar-refractivity contribution in [3.8, 4) is 0 Å². The van der Waals surface area contributed by atoms with Crippen LogP contribution in [-0.2, 0) is 4.79 Å². The summed E-state index contributed by atoms with van der Waals surface area (Å²) in [6, 6.07) is 0.0427. The third-order valence-corrected chi connectivity index (χ3v) is 3.84. The normalized spacial score (nSPS) is 33.5. The van der Waals surface area contributed by atoms with Gasteiger partial charge in [0.05, 0.1) is 6.04 Å².